The van der Waals surface area contributed by atoms with E-state index in [9.17, 15) is 0 Å². The van der Waals surface area contributed by atoms with E-state index in [0.29, 0.717) is 5.96 Å². The van der Waals surface area contributed by atoms with E-state index in [-0.39, 0.29) is 0 Å². The standard InChI is InChI=1S/C13H21N5/c1-15-13(14)16-11-4-3-5-12(10-11)18-8-6-17(2)7-9-18/h3-5,10H,6-9H2,1-2H3,(H3,14,15,16). The van der Waals surface area contributed by atoms with Crippen molar-refractivity contribution in [3.8, 4) is 0 Å². The van der Waals surface area contributed by atoms with Crippen LogP contribution in [0.15, 0.2) is 24.3 Å². The third-order valence-corrected chi connectivity index (χ3v) is 3.23. The van der Waals surface area contributed by atoms with E-state index >= 15 is 0 Å². The molecule has 1 aromatic carbocycles. The van der Waals surface area contributed by atoms with Crippen molar-refractivity contribution >= 4 is 17.3 Å². The van der Waals surface area contributed by atoms with E-state index in [1.807, 2.05) is 12.1 Å². The van der Waals surface area contributed by atoms with Crippen molar-refractivity contribution in [3.63, 3.8) is 0 Å². The summed E-state index contributed by atoms with van der Waals surface area (Å²) >= 11 is 0. The van der Waals surface area contributed by atoms with Gasteiger partial charge < -0.3 is 20.4 Å². The minimum Gasteiger partial charge on any atom is -0.369 e. The Morgan fingerprint density at radius 2 is 1.94 bits per heavy atom. The number of likely N-dealkylation sites (N-methyl/N-ethyl adjacent to an activating group) is 1. The first-order chi connectivity index (χ1) is 8.69. The maximum absolute atomic E-state index is 7.57. The van der Waals surface area contributed by atoms with E-state index in [1.165, 1.54) is 5.69 Å². The van der Waals surface area contributed by atoms with Crippen LogP contribution in [0.4, 0.5) is 11.4 Å². The van der Waals surface area contributed by atoms with E-state index in [2.05, 4.69) is 39.6 Å². The molecule has 2 rings (SSSR count). The number of benzene rings is 1. The predicted molar refractivity (Wildman–Crippen MR) is 76.6 cm³/mol. The number of nitrogens with one attached hydrogen (secondary N) is 3. The fraction of sp³-hybridized carbons (Fsp3) is 0.462. The largest absolute Gasteiger partial charge is 0.369 e. The summed E-state index contributed by atoms with van der Waals surface area (Å²) < 4.78 is 0. The Hall–Kier alpha value is -1.75. The van der Waals surface area contributed by atoms with Crippen LogP contribution in [0, 0.1) is 5.41 Å². The zero-order chi connectivity index (χ0) is 13.0. The van der Waals surface area contributed by atoms with Gasteiger partial charge in [-0.2, -0.15) is 0 Å². The molecule has 0 unspecified atom stereocenters. The molecule has 0 radical (unpaired) electrons. The molecule has 1 heterocycles. The van der Waals surface area contributed by atoms with Gasteiger partial charge in [-0.05, 0) is 25.2 Å². The highest BCUT2D eigenvalue weighted by molar-refractivity contribution is 5.91. The second-order valence-electron chi connectivity index (χ2n) is 4.59. The molecule has 1 saturated heterocycles. The monoisotopic (exact) mass is 247 g/mol. The van der Waals surface area contributed by atoms with Gasteiger partial charge >= 0.3 is 0 Å². The van der Waals surface area contributed by atoms with Crippen LogP contribution in [0.3, 0.4) is 0 Å². The molecule has 18 heavy (non-hydrogen) atoms. The van der Waals surface area contributed by atoms with E-state index < -0.39 is 0 Å². The molecule has 1 aliphatic rings. The topological polar surface area (TPSA) is 54.4 Å². The second-order valence-corrected chi connectivity index (χ2v) is 4.59. The summed E-state index contributed by atoms with van der Waals surface area (Å²) in [5.74, 6) is 0.311. The highest BCUT2D eigenvalue weighted by Crippen LogP contribution is 2.20. The number of anilines is 2. The van der Waals surface area contributed by atoms with Gasteiger partial charge in [0.1, 0.15) is 0 Å². The van der Waals surface area contributed by atoms with Crippen LogP contribution in [-0.2, 0) is 0 Å². The van der Waals surface area contributed by atoms with Gasteiger partial charge in [-0.15, -0.1) is 0 Å². The third-order valence-electron chi connectivity index (χ3n) is 3.23. The molecule has 1 aromatic rings. The molecule has 0 amide bonds. The molecule has 0 aromatic heterocycles. The van der Waals surface area contributed by atoms with Gasteiger partial charge in [-0.1, -0.05) is 6.07 Å². The molecule has 5 nitrogen and oxygen atoms in total. The number of nitrogens with zero attached hydrogens (tertiary/aromatic N) is 2. The Bertz CT molecular complexity index is 410. The Morgan fingerprint density at radius 1 is 1.22 bits per heavy atom. The van der Waals surface area contributed by atoms with Gasteiger partial charge in [0, 0.05) is 44.6 Å². The van der Waals surface area contributed by atoms with Crippen molar-refractivity contribution in [1.29, 1.82) is 5.41 Å². The molecular formula is C13H21N5. The average Bonchev–Trinajstić information content (AvgIpc) is 2.40. The zero-order valence-electron chi connectivity index (χ0n) is 11.0. The molecule has 98 valence electrons. The van der Waals surface area contributed by atoms with Gasteiger partial charge in [0.15, 0.2) is 5.96 Å². The Morgan fingerprint density at radius 3 is 2.61 bits per heavy atom. The Balaban J connectivity index is 2.05. The van der Waals surface area contributed by atoms with E-state index in [0.717, 1.165) is 31.9 Å². The first-order valence-corrected chi connectivity index (χ1v) is 6.26. The lowest BCUT2D eigenvalue weighted by molar-refractivity contribution is 0.313. The van der Waals surface area contributed by atoms with Crippen molar-refractivity contribution in [2.45, 2.75) is 0 Å². The summed E-state index contributed by atoms with van der Waals surface area (Å²) in [6.45, 7) is 4.32. The molecule has 0 bridgehead atoms. The van der Waals surface area contributed by atoms with Crippen molar-refractivity contribution < 1.29 is 0 Å². The van der Waals surface area contributed by atoms with Crippen LogP contribution >= 0.6 is 0 Å². The summed E-state index contributed by atoms with van der Waals surface area (Å²) in [6.07, 6.45) is 0. The lowest BCUT2D eigenvalue weighted by Gasteiger charge is -2.34. The summed E-state index contributed by atoms with van der Waals surface area (Å²) in [6, 6.07) is 8.22. The van der Waals surface area contributed by atoms with Gasteiger partial charge in [0.05, 0.1) is 0 Å². The highest BCUT2D eigenvalue weighted by Gasteiger charge is 2.14. The quantitative estimate of drug-likeness (QED) is 0.539. The lowest BCUT2D eigenvalue weighted by Crippen LogP contribution is -2.44. The van der Waals surface area contributed by atoms with E-state index in [1.54, 1.807) is 7.05 Å². The van der Waals surface area contributed by atoms with Crippen molar-refractivity contribution in [2.24, 2.45) is 0 Å². The van der Waals surface area contributed by atoms with Gasteiger partial charge in [0.25, 0.3) is 0 Å². The molecule has 0 aliphatic carbocycles. The fourth-order valence-corrected chi connectivity index (χ4v) is 2.05. The average molecular weight is 247 g/mol. The highest BCUT2D eigenvalue weighted by atomic mass is 15.2. The molecule has 5 heteroatoms. The molecule has 3 N–H and O–H groups in total. The number of piperazine rings is 1. The summed E-state index contributed by atoms with van der Waals surface area (Å²) in [5.41, 5.74) is 2.17. The maximum atomic E-state index is 7.57. The summed E-state index contributed by atoms with van der Waals surface area (Å²) in [4.78, 5) is 4.73. The van der Waals surface area contributed by atoms with Crippen LogP contribution in [0.5, 0.6) is 0 Å². The first kappa shape index (κ1) is 12.7. The zero-order valence-corrected chi connectivity index (χ0v) is 11.0. The Labute approximate surface area is 108 Å². The molecule has 0 saturated carbocycles. The molecule has 0 spiro atoms. The molecule has 1 aliphatic heterocycles. The number of hydrogen-bond acceptors (Lipinski definition) is 3. The molecule has 0 atom stereocenters. The van der Waals surface area contributed by atoms with Crippen LogP contribution in [0.2, 0.25) is 0 Å². The summed E-state index contributed by atoms with van der Waals surface area (Å²) in [5, 5.41) is 13.4. The van der Waals surface area contributed by atoms with Crippen molar-refractivity contribution in [3.05, 3.63) is 24.3 Å². The first-order valence-electron chi connectivity index (χ1n) is 6.26. The van der Waals surface area contributed by atoms with Crippen LogP contribution in [0.25, 0.3) is 0 Å². The minimum absolute atomic E-state index is 0.311. The lowest BCUT2D eigenvalue weighted by atomic mass is 10.2. The number of rotatable bonds is 2. The van der Waals surface area contributed by atoms with Gasteiger partial charge in [-0.25, -0.2) is 0 Å². The van der Waals surface area contributed by atoms with Gasteiger partial charge in [0.2, 0.25) is 0 Å². The van der Waals surface area contributed by atoms with Crippen LogP contribution in [0.1, 0.15) is 0 Å². The fourth-order valence-electron chi connectivity index (χ4n) is 2.05. The third kappa shape index (κ3) is 3.13. The smallest absolute Gasteiger partial charge is 0.192 e. The normalized spacial score (nSPS) is 16.4. The molecular weight excluding hydrogens is 226 g/mol. The van der Waals surface area contributed by atoms with Crippen molar-refractivity contribution in [2.75, 3.05) is 50.5 Å². The predicted octanol–water partition coefficient (Wildman–Crippen LogP) is 1.00. The number of hydrogen-bond donors (Lipinski definition) is 3. The Kier molecular flexibility index (Phi) is 4.04. The molecule has 1 fully saturated rings. The maximum Gasteiger partial charge on any atom is 0.192 e. The summed E-state index contributed by atoms with van der Waals surface area (Å²) in [7, 11) is 3.89. The van der Waals surface area contributed by atoms with E-state index in [4.69, 9.17) is 5.41 Å². The van der Waals surface area contributed by atoms with Gasteiger partial charge in [-0.3, -0.25) is 5.41 Å². The van der Waals surface area contributed by atoms with Crippen LogP contribution in [-0.4, -0.2) is 51.1 Å². The van der Waals surface area contributed by atoms with Crippen LogP contribution < -0.4 is 15.5 Å². The van der Waals surface area contributed by atoms with Crippen molar-refractivity contribution in [1.82, 2.24) is 10.2 Å². The SMILES string of the molecule is CNC(=N)Nc1cccc(N2CCN(C)CC2)c1. The number of guanidine groups is 1. The minimum atomic E-state index is 0.311. The second kappa shape index (κ2) is 5.73.